The number of fused-ring (bicyclic) bond motifs is 6. The van der Waals surface area contributed by atoms with Gasteiger partial charge in [0.25, 0.3) is 0 Å². The molecule has 0 unspecified atom stereocenters. The number of hydrogen-bond acceptors (Lipinski definition) is 2. The van der Waals surface area contributed by atoms with Crippen molar-refractivity contribution in [2.24, 2.45) is 0 Å². The summed E-state index contributed by atoms with van der Waals surface area (Å²) in [6.45, 7) is 14.2. The summed E-state index contributed by atoms with van der Waals surface area (Å²) in [4.78, 5) is 0. The molecule has 11 rings (SSSR count). The minimum atomic E-state index is -0.116. The van der Waals surface area contributed by atoms with Gasteiger partial charge in [-0.05, 0) is 124 Å². The third-order valence-electron chi connectivity index (χ3n) is 12.0. The van der Waals surface area contributed by atoms with Gasteiger partial charge in [-0.25, -0.2) is 0 Å². The highest BCUT2D eigenvalue weighted by Crippen LogP contribution is 2.52. The monoisotopic (exact) mass is 722 g/mol. The molecule has 0 aliphatic carbocycles. The number of rotatable bonds is 2. The maximum absolute atomic E-state index is 6.47. The molecule has 0 atom stereocenters. The summed E-state index contributed by atoms with van der Waals surface area (Å²) >= 11 is 0. The molecule has 0 bridgehead atoms. The first kappa shape index (κ1) is 33.0. The topological polar surface area (TPSA) is 18.5 Å². The minimum Gasteiger partial charge on any atom is -0.456 e. The molecular weight excluding hydrogens is 681 g/mol. The van der Waals surface area contributed by atoms with E-state index in [2.05, 4.69) is 175 Å². The van der Waals surface area contributed by atoms with E-state index in [0.717, 1.165) is 34.1 Å². The molecule has 2 aliphatic rings. The average Bonchev–Trinajstić information content (AvgIpc) is 3.19. The summed E-state index contributed by atoms with van der Waals surface area (Å²) in [6, 6.07) is 53.2. The van der Waals surface area contributed by atoms with E-state index >= 15 is 0 Å². The van der Waals surface area contributed by atoms with Gasteiger partial charge < -0.3 is 9.47 Å². The quantitative estimate of drug-likeness (QED) is 0.165. The van der Waals surface area contributed by atoms with E-state index in [9.17, 15) is 0 Å². The Labute approximate surface area is 328 Å². The van der Waals surface area contributed by atoms with Crippen LogP contribution in [0.4, 0.5) is 0 Å². The number of benzene rings is 9. The zero-order chi connectivity index (χ0) is 38.1. The lowest BCUT2D eigenvalue weighted by Crippen LogP contribution is -2.17. The highest BCUT2D eigenvalue weighted by Gasteiger charge is 2.29. The third-order valence-corrected chi connectivity index (χ3v) is 12.0. The summed E-state index contributed by atoms with van der Waals surface area (Å²) in [5.74, 6) is 3.65. The van der Waals surface area contributed by atoms with Crippen LogP contribution in [0.1, 0.15) is 52.7 Å². The predicted octanol–water partition coefficient (Wildman–Crippen LogP) is 15.8. The SMILES string of the molecule is CC(C)(C)c1c2ccc(-c3ccc4c5c(cccc35)-c3ccccc3O4)cc2c(C(C)(C)C)c2ccc(-c3ccc4c5c(cccc35)-c3ccccc3O4)cc12. The molecule has 0 spiro atoms. The number of hydrogen-bond donors (Lipinski definition) is 0. The molecule has 9 aromatic carbocycles. The van der Waals surface area contributed by atoms with Crippen molar-refractivity contribution in [3.05, 3.63) is 157 Å². The van der Waals surface area contributed by atoms with Gasteiger partial charge in [-0.15, -0.1) is 0 Å². The second-order valence-electron chi connectivity index (χ2n) is 17.6. The van der Waals surface area contributed by atoms with E-state index in [1.54, 1.807) is 0 Å². The Morgan fingerprint density at radius 2 is 0.714 bits per heavy atom. The molecule has 0 aromatic heterocycles. The number of ether oxygens (including phenoxy) is 2. The van der Waals surface area contributed by atoms with Gasteiger partial charge in [-0.2, -0.15) is 0 Å². The van der Waals surface area contributed by atoms with Gasteiger partial charge >= 0.3 is 0 Å². The molecule has 56 heavy (non-hydrogen) atoms. The van der Waals surface area contributed by atoms with Crippen LogP contribution in [0.5, 0.6) is 23.0 Å². The van der Waals surface area contributed by atoms with Crippen LogP contribution in [-0.4, -0.2) is 0 Å². The third kappa shape index (κ3) is 4.75. The lowest BCUT2D eigenvalue weighted by Gasteiger charge is -2.31. The van der Waals surface area contributed by atoms with Crippen molar-refractivity contribution in [3.63, 3.8) is 0 Å². The Hall–Kier alpha value is -6.38. The smallest absolute Gasteiger partial charge is 0.135 e. The highest BCUT2D eigenvalue weighted by atomic mass is 16.5. The Bertz CT molecular complexity index is 2940. The van der Waals surface area contributed by atoms with Crippen LogP contribution in [0.2, 0.25) is 0 Å². The van der Waals surface area contributed by atoms with E-state index in [1.165, 1.54) is 87.6 Å². The molecule has 0 N–H and O–H groups in total. The molecule has 0 fully saturated rings. The van der Waals surface area contributed by atoms with Gasteiger partial charge in [0.2, 0.25) is 0 Å². The van der Waals surface area contributed by atoms with Gasteiger partial charge in [0, 0.05) is 21.9 Å². The summed E-state index contributed by atoms with van der Waals surface area (Å²) in [5.41, 5.74) is 12.1. The highest BCUT2D eigenvalue weighted by molar-refractivity contribution is 6.14. The van der Waals surface area contributed by atoms with Crippen LogP contribution in [-0.2, 0) is 10.8 Å². The van der Waals surface area contributed by atoms with Crippen molar-refractivity contribution in [3.8, 4) is 67.5 Å². The second kappa shape index (κ2) is 11.6. The molecule has 270 valence electrons. The summed E-state index contributed by atoms with van der Waals surface area (Å²) in [6.07, 6.45) is 0. The maximum atomic E-state index is 6.47. The van der Waals surface area contributed by atoms with E-state index in [1.807, 2.05) is 12.1 Å². The minimum absolute atomic E-state index is 0.116. The first-order valence-electron chi connectivity index (χ1n) is 19.8. The summed E-state index contributed by atoms with van der Waals surface area (Å²) in [5, 5.41) is 10.0. The molecule has 2 nitrogen and oxygen atoms in total. The van der Waals surface area contributed by atoms with Crippen molar-refractivity contribution in [2.45, 2.75) is 52.4 Å². The van der Waals surface area contributed by atoms with Crippen LogP contribution in [0.25, 0.3) is 87.6 Å². The van der Waals surface area contributed by atoms with Crippen LogP contribution >= 0.6 is 0 Å². The Kier molecular flexibility index (Phi) is 6.82. The van der Waals surface area contributed by atoms with Crippen LogP contribution in [0.15, 0.2) is 146 Å². The van der Waals surface area contributed by atoms with Crippen molar-refractivity contribution < 1.29 is 9.47 Å². The van der Waals surface area contributed by atoms with Gasteiger partial charge in [0.1, 0.15) is 23.0 Å². The van der Waals surface area contributed by atoms with Gasteiger partial charge in [-0.1, -0.05) is 151 Å². The fraction of sp³-hybridized carbons (Fsp3) is 0.148. The summed E-state index contributed by atoms with van der Waals surface area (Å²) < 4.78 is 12.9. The van der Waals surface area contributed by atoms with Crippen molar-refractivity contribution >= 4 is 43.1 Å². The first-order chi connectivity index (χ1) is 27.0. The van der Waals surface area contributed by atoms with Crippen LogP contribution in [0, 0.1) is 0 Å². The van der Waals surface area contributed by atoms with Crippen LogP contribution in [0.3, 0.4) is 0 Å². The fourth-order valence-electron chi connectivity index (χ4n) is 9.84. The zero-order valence-corrected chi connectivity index (χ0v) is 32.7. The van der Waals surface area contributed by atoms with Crippen molar-refractivity contribution in [2.75, 3.05) is 0 Å². The van der Waals surface area contributed by atoms with Crippen molar-refractivity contribution in [1.29, 1.82) is 0 Å². The molecule has 0 radical (unpaired) electrons. The van der Waals surface area contributed by atoms with E-state index in [0.29, 0.717) is 0 Å². The molecule has 0 amide bonds. The normalized spacial score (nSPS) is 13.1. The Balaban J connectivity index is 1.15. The van der Waals surface area contributed by atoms with Crippen molar-refractivity contribution in [1.82, 2.24) is 0 Å². The Morgan fingerprint density at radius 3 is 1.14 bits per heavy atom. The fourth-order valence-corrected chi connectivity index (χ4v) is 9.84. The molecule has 0 saturated heterocycles. The van der Waals surface area contributed by atoms with E-state index in [-0.39, 0.29) is 10.8 Å². The summed E-state index contributed by atoms with van der Waals surface area (Å²) in [7, 11) is 0. The largest absolute Gasteiger partial charge is 0.456 e. The molecule has 0 saturated carbocycles. The van der Waals surface area contributed by atoms with E-state index < -0.39 is 0 Å². The van der Waals surface area contributed by atoms with Gasteiger partial charge in [0.05, 0.1) is 0 Å². The Morgan fingerprint density at radius 1 is 0.304 bits per heavy atom. The second-order valence-corrected chi connectivity index (χ2v) is 17.6. The van der Waals surface area contributed by atoms with Gasteiger partial charge in [0.15, 0.2) is 0 Å². The lowest BCUT2D eigenvalue weighted by atomic mass is 9.73. The zero-order valence-electron chi connectivity index (χ0n) is 32.7. The van der Waals surface area contributed by atoms with Gasteiger partial charge in [-0.3, -0.25) is 0 Å². The molecule has 2 heterocycles. The molecule has 9 aromatic rings. The molecular formula is C54H42O2. The lowest BCUT2D eigenvalue weighted by molar-refractivity contribution is 0.487. The predicted molar refractivity (Wildman–Crippen MR) is 236 cm³/mol. The first-order valence-corrected chi connectivity index (χ1v) is 19.8. The number of para-hydroxylation sites is 2. The van der Waals surface area contributed by atoms with E-state index in [4.69, 9.17) is 9.47 Å². The standard InChI is InChI=1S/C54H42O2/c1-53(2,3)51-41-23-21-32(34-26-28-48-50-38(34)16-12-18-40(50)36-14-8-10-20-46(36)56-48)30-44(41)52(54(4,5)6)42-24-22-31(29-43(42)51)33-25-27-47-49-37(33)15-11-17-39(49)35-13-7-9-19-45(35)55-47/h7-30H,1-6H3. The average molecular weight is 723 g/mol. The molecule has 2 heteroatoms. The molecule has 2 aliphatic heterocycles. The maximum Gasteiger partial charge on any atom is 0.135 e. The van der Waals surface area contributed by atoms with Crippen LogP contribution < -0.4 is 9.47 Å².